The third-order valence-corrected chi connectivity index (χ3v) is 9.72. The molecule has 0 aliphatic heterocycles. The fraction of sp³-hybridized carbons (Fsp3) is 0.385. The van der Waals surface area contributed by atoms with Gasteiger partial charge in [0.05, 0.1) is 0 Å². The summed E-state index contributed by atoms with van der Waals surface area (Å²) in [7, 11) is -1.07. The molecule has 0 aromatic heterocycles. The Balaban J connectivity index is 0.000000691. The Labute approximate surface area is 304 Å². The van der Waals surface area contributed by atoms with Gasteiger partial charge in [-0.25, -0.2) is 10.8 Å². The van der Waals surface area contributed by atoms with E-state index in [0.717, 1.165) is 12.1 Å². The van der Waals surface area contributed by atoms with Crippen LogP contribution in [0.15, 0.2) is 83.6 Å². The molecule has 5 rings (SSSR count). The van der Waals surface area contributed by atoms with Crippen molar-refractivity contribution >= 4 is 33.8 Å². The van der Waals surface area contributed by atoms with Gasteiger partial charge in [-0.15, -0.1) is 39.7 Å². The molecule has 1 aliphatic rings. The molecule has 0 heterocycles. The third-order valence-electron chi connectivity index (χ3n) is 7.56. The molecule has 0 spiro atoms. The molecule has 0 nitrogen and oxygen atoms in total. The third kappa shape index (κ3) is 12.4. The molecule has 1 aliphatic carbocycles. The molecule has 1 atom stereocenters. The molecule has 0 bridgehead atoms. The number of fused-ring (bicyclic) bond motifs is 3. The predicted octanol–water partition coefficient (Wildman–Crippen LogP) is 5.98. The molecule has 46 heavy (non-hydrogen) atoms. The van der Waals surface area contributed by atoms with Crippen molar-refractivity contribution in [3.8, 4) is 0 Å². The maximum atomic E-state index is 11.8. The Morgan fingerprint density at radius 3 is 1.41 bits per heavy atom. The smallest absolute Gasteiger partial charge is 1.00 e. The number of benzene rings is 3. The van der Waals surface area contributed by atoms with Crippen LogP contribution < -0.4 is 24.8 Å². The quantitative estimate of drug-likeness (QED) is 0.166. The van der Waals surface area contributed by atoms with Gasteiger partial charge in [0, 0.05) is 0 Å². The Hall–Kier alpha value is -1.65. The summed E-state index contributed by atoms with van der Waals surface area (Å²) in [6.07, 6.45) is 1.58. The second kappa shape index (κ2) is 17.7. The molecule has 7 heteroatoms. The minimum atomic E-state index is -4.23. The van der Waals surface area contributed by atoms with Gasteiger partial charge in [0.15, 0.2) is 0 Å². The van der Waals surface area contributed by atoms with Gasteiger partial charge in [-0.2, -0.15) is 49.6 Å². The summed E-state index contributed by atoms with van der Waals surface area (Å²) in [4.78, 5) is 0. The van der Waals surface area contributed by atoms with Gasteiger partial charge in [0.1, 0.15) is 0 Å². The van der Waals surface area contributed by atoms with Gasteiger partial charge in [0.2, 0.25) is 0 Å². The van der Waals surface area contributed by atoms with E-state index in [4.69, 9.17) is 0 Å². The van der Waals surface area contributed by atoms with Gasteiger partial charge in [-0.1, -0.05) is 122 Å². The van der Waals surface area contributed by atoms with Crippen molar-refractivity contribution in [3.05, 3.63) is 112 Å². The predicted molar refractivity (Wildman–Crippen MR) is 185 cm³/mol. The average Bonchev–Trinajstić information content (AvgIpc) is 3.47. The molecule has 0 saturated heterocycles. The summed E-state index contributed by atoms with van der Waals surface area (Å²) in [6, 6.07) is 23.1. The summed E-state index contributed by atoms with van der Waals surface area (Å²) >= 11 is 1.30. The molecule has 250 valence electrons. The van der Waals surface area contributed by atoms with E-state index in [2.05, 4.69) is 140 Å². The van der Waals surface area contributed by atoms with E-state index in [1.165, 1.54) is 74.6 Å². The second-order valence-electron chi connectivity index (χ2n) is 14.4. The summed E-state index contributed by atoms with van der Waals surface area (Å²) < 4.78 is 38.7. The molecule has 0 saturated carbocycles. The van der Waals surface area contributed by atoms with Crippen LogP contribution in [0.2, 0.25) is 19.6 Å². The van der Waals surface area contributed by atoms with Crippen LogP contribution >= 0.6 is 0 Å². The normalized spacial score (nSPS) is 14.7. The number of allylic oxidation sites excluding steroid dienone is 4. The van der Waals surface area contributed by atoms with Crippen molar-refractivity contribution in [3.63, 3.8) is 0 Å². The number of alkyl halides is 3. The van der Waals surface area contributed by atoms with Crippen LogP contribution in [0.3, 0.4) is 0 Å². The zero-order valence-electron chi connectivity index (χ0n) is 29.1. The van der Waals surface area contributed by atoms with E-state index in [-0.39, 0.29) is 35.6 Å². The van der Waals surface area contributed by atoms with Crippen molar-refractivity contribution < 1.29 is 62.2 Å². The largest absolute Gasteiger partial charge is 1.00 e. The second-order valence-corrected chi connectivity index (χ2v) is 19.5. The zero-order valence-corrected chi connectivity index (χ0v) is 34.1. The SMILES string of the molecule is CC(C)(C)c1ccc2[cH-]c3ccc(C(C)(C)C)cc3c2c1.CC1=[C-]C(C)C=C1[Si](C)(C)C.FC(F)(F)c1cc[c-]cc1.[CH2]=[Zr+2].[Cl-].[Cl-]. The summed E-state index contributed by atoms with van der Waals surface area (Å²) in [5.41, 5.74) is 3.97. The topological polar surface area (TPSA) is 0 Å². The van der Waals surface area contributed by atoms with E-state index in [1.54, 1.807) is 5.20 Å². The van der Waals surface area contributed by atoms with Gasteiger partial charge in [-0.3, -0.25) is 6.08 Å². The van der Waals surface area contributed by atoms with Crippen LogP contribution in [0.5, 0.6) is 0 Å². The average molecular weight is 764 g/mol. The van der Waals surface area contributed by atoms with Crippen LogP contribution in [0.1, 0.15) is 72.1 Å². The molecular formula is C39H48Cl2F3SiZr-3. The summed E-state index contributed by atoms with van der Waals surface area (Å²) in [5.74, 6) is 0.553. The monoisotopic (exact) mass is 761 g/mol. The van der Waals surface area contributed by atoms with Gasteiger partial charge in [-0.05, 0) is 18.9 Å². The fourth-order valence-electron chi connectivity index (χ4n) is 5.16. The van der Waals surface area contributed by atoms with Crippen LogP contribution in [-0.2, 0) is 41.2 Å². The molecule has 0 fully saturated rings. The number of halogens is 5. The number of hydrogen-bond donors (Lipinski definition) is 0. The van der Waals surface area contributed by atoms with Gasteiger partial charge in [0.25, 0.3) is 0 Å². The van der Waals surface area contributed by atoms with Crippen molar-refractivity contribution in [2.24, 2.45) is 5.92 Å². The molecular weight excluding hydrogens is 716 g/mol. The first-order valence-electron chi connectivity index (χ1n) is 15.0. The van der Waals surface area contributed by atoms with Gasteiger partial charge < -0.3 is 24.8 Å². The van der Waals surface area contributed by atoms with E-state index >= 15 is 0 Å². The first kappa shape index (κ1) is 44.4. The molecule has 0 amide bonds. The molecule has 4 aromatic rings. The Morgan fingerprint density at radius 2 is 1.15 bits per heavy atom. The molecule has 0 N–H and O–H groups in total. The van der Waals surface area contributed by atoms with Crippen LogP contribution in [0, 0.1) is 18.1 Å². The first-order chi connectivity index (χ1) is 20.2. The molecule has 4 aromatic carbocycles. The molecule has 0 radical (unpaired) electrons. The van der Waals surface area contributed by atoms with E-state index in [0.29, 0.717) is 5.92 Å². The number of rotatable bonds is 1. The summed E-state index contributed by atoms with van der Waals surface area (Å²) in [5, 5.41) is 7.09. The number of hydrogen-bond acceptors (Lipinski definition) is 0. The minimum Gasteiger partial charge on any atom is -1.00 e. The minimum absolute atomic E-state index is 0. The van der Waals surface area contributed by atoms with E-state index in [1.807, 2.05) is 0 Å². The van der Waals surface area contributed by atoms with E-state index < -0.39 is 19.8 Å². The zero-order chi connectivity index (χ0) is 33.7. The van der Waals surface area contributed by atoms with Crippen LogP contribution in [-0.4, -0.2) is 12.3 Å². The van der Waals surface area contributed by atoms with Crippen molar-refractivity contribution in [2.75, 3.05) is 0 Å². The van der Waals surface area contributed by atoms with Crippen molar-refractivity contribution in [2.45, 2.75) is 92.0 Å². The van der Waals surface area contributed by atoms with Crippen LogP contribution in [0.4, 0.5) is 13.2 Å². The Morgan fingerprint density at radius 1 is 0.739 bits per heavy atom. The van der Waals surface area contributed by atoms with Crippen molar-refractivity contribution in [1.82, 2.24) is 0 Å². The summed E-state index contributed by atoms with van der Waals surface area (Å²) in [6.45, 7) is 25.2. The maximum Gasteiger partial charge on any atom is -1.00 e. The Kier molecular flexibility index (Phi) is 17.0. The van der Waals surface area contributed by atoms with Crippen molar-refractivity contribution in [1.29, 1.82) is 0 Å². The Bertz CT molecular complexity index is 1530. The van der Waals surface area contributed by atoms with E-state index in [9.17, 15) is 13.2 Å². The van der Waals surface area contributed by atoms with Crippen LogP contribution in [0.25, 0.3) is 21.5 Å². The van der Waals surface area contributed by atoms with Gasteiger partial charge >= 0.3 is 34.6 Å². The molecule has 1 unspecified atom stereocenters. The first-order valence-corrected chi connectivity index (χ1v) is 20.3. The standard InChI is InChI=1S/C21H25.C10H17Si.C7H4F3.CH2.2ClH.Zr/c1-20(2,3)16-9-7-14-11-15-8-10-17(21(4,5)6)13-19(15)18(14)12-16;1-8-6-9(2)10(7-8)11(3,4)5;8-7(9,10)6-4-2-1-3-5-6;;;;/h7-13H,1-6H3;7-8H,1-5H3;2-5H;1H2;2*1H;/q3*-1;;;;+2/p-2. The maximum absolute atomic E-state index is 11.8. The fourth-order valence-corrected chi connectivity index (χ4v) is 7.10.